The van der Waals surface area contributed by atoms with Crippen LogP contribution in [0.3, 0.4) is 0 Å². The van der Waals surface area contributed by atoms with E-state index >= 15 is 0 Å². The Bertz CT molecular complexity index is 149. The maximum atomic E-state index is 10.0. The van der Waals surface area contributed by atoms with Crippen molar-refractivity contribution >= 4 is 0 Å². The minimum Gasteiger partial charge on any atom is -0.392 e. The molecule has 1 saturated carbocycles. The Morgan fingerprint density at radius 2 is 2.00 bits per heavy atom. The van der Waals surface area contributed by atoms with Gasteiger partial charge in [0.25, 0.3) is 0 Å². The van der Waals surface area contributed by atoms with Crippen LogP contribution in [-0.4, -0.2) is 24.3 Å². The number of aliphatic hydroxyl groups excluding tert-OH is 1. The van der Waals surface area contributed by atoms with Gasteiger partial charge in [0.1, 0.15) is 0 Å². The summed E-state index contributed by atoms with van der Waals surface area (Å²) in [6.07, 6.45) is 6.33. The Kier molecular flexibility index (Phi) is 5.49. The number of rotatable bonds is 5. The molecule has 0 aliphatic heterocycles. The zero-order chi connectivity index (χ0) is 10.4. The van der Waals surface area contributed by atoms with Crippen molar-refractivity contribution < 1.29 is 5.11 Å². The molecule has 1 rings (SSSR count). The van der Waals surface area contributed by atoms with E-state index in [0.717, 1.165) is 19.0 Å². The molecule has 0 heterocycles. The van der Waals surface area contributed by atoms with Gasteiger partial charge in [0.15, 0.2) is 0 Å². The van der Waals surface area contributed by atoms with Gasteiger partial charge in [-0.1, -0.05) is 39.5 Å². The van der Waals surface area contributed by atoms with Crippen LogP contribution in [0.4, 0.5) is 0 Å². The van der Waals surface area contributed by atoms with E-state index in [2.05, 4.69) is 19.2 Å². The summed E-state index contributed by atoms with van der Waals surface area (Å²) in [4.78, 5) is 0. The fourth-order valence-corrected chi connectivity index (χ4v) is 2.69. The number of aliphatic hydroxyl groups is 1. The summed E-state index contributed by atoms with van der Waals surface area (Å²) in [7, 11) is 0. The second-order valence-electron chi connectivity index (χ2n) is 4.49. The van der Waals surface area contributed by atoms with Crippen molar-refractivity contribution in [2.45, 2.75) is 52.1 Å². The van der Waals surface area contributed by atoms with E-state index in [1.165, 1.54) is 32.1 Å². The minimum absolute atomic E-state index is 0.125. The number of likely N-dealkylation sites (N-methyl/N-ethyl adjacent to an activating group) is 1. The van der Waals surface area contributed by atoms with Crippen molar-refractivity contribution in [3.63, 3.8) is 0 Å². The van der Waals surface area contributed by atoms with Crippen LogP contribution in [0.15, 0.2) is 0 Å². The van der Waals surface area contributed by atoms with Gasteiger partial charge in [-0.3, -0.25) is 0 Å². The maximum absolute atomic E-state index is 10.0. The molecule has 1 aliphatic rings. The summed E-state index contributed by atoms with van der Waals surface area (Å²) in [5.41, 5.74) is 0. The molecular weight excluding hydrogens is 174 g/mol. The summed E-state index contributed by atoms with van der Waals surface area (Å²) < 4.78 is 0. The number of nitrogens with one attached hydrogen (secondary N) is 1. The van der Waals surface area contributed by atoms with Crippen molar-refractivity contribution in [3.05, 3.63) is 0 Å². The van der Waals surface area contributed by atoms with Crippen LogP contribution in [0.25, 0.3) is 0 Å². The molecule has 84 valence electrons. The lowest BCUT2D eigenvalue weighted by atomic mass is 9.75. The molecule has 0 amide bonds. The highest BCUT2D eigenvalue weighted by Gasteiger charge is 2.28. The van der Waals surface area contributed by atoms with Gasteiger partial charge in [0.2, 0.25) is 0 Å². The van der Waals surface area contributed by atoms with Gasteiger partial charge in [0.05, 0.1) is 6.10 Å². The first-order chi connectivity index (χ1) is 6.79. The number of hydrogen-bond acceptors (Lipinski definition) is 2. The molecule has 0 radical (unpaired) electrons. The Labute approximate surface area is 88.1 Å². The second-order valence-corrected chi connectivity index (χ2v) is 4.49. The van der Waals surface area contributed by atoms with E-state index in [0.29, 0.717) is 5.92 Å². The molecule has 0 aromatic rings. The summed E-state index contributed by atoms with van der Waals surface area (Å²) >= 11 is 0. The van der Waals surface area contributed by atoms with E-state index in [1.807, 2.05) is 0 Å². The standard InChI is InChI=1S/C12H25NO/c1-3-10-7-5-6-8-11(10)12(14)9-13-4-2/h10-14H,3-9H2,1-2H3. The minimum atomic E-state index is -0.125. The van der Waals surface area contributed by atoms with Crippen molar-refractivity contribution in [2.24, 2.45) is 11.8 Å². The van der Waals surface area contributed by atoms with Gasteiger partial charge < -0.3 is 10.4 Å². The lowest BCUT2D eigenvalue weighted by Gasteiger charge is -2.34. The van der Waals surface area contributed by atoms with Gasteiger partial charge in [-0.25, -0.2) is 0 Å². The van der Waals surface area contributed by atoms with Crippen molar-refractivity contribution in [1.29, 1.82) is 0 Å². The fraction of sp³-hybridized carbons (Fsp3) is 1.00. The quantitative estimate of drug-likeness (QED) is 0.711. The molecule has 1 fully saturated rings. The SMILES string of the molecule is CCNCC(O)C1CCCCC1CC. The zero-order valence-electron chi connectivity index (χ0n) is 9.63. The average Bonchev–Trinajstić information content (AvgIpc) is 2.25. The Balaban J connectivity index is 2.37. The van der Waals surface area contributed by atoms with Crippen molar-refractivity contribution in [3.8, 4) is 0 Å². The molecule has 1 aliphatic carbocycles. The molecule has 2 N–H and O–H groups in total. The molecule has 3 unspecified atom stereocenters. The Morgan fingerprint density at radius 1 is 1.29 bits per heavy atom. The lowest BCUT2D eigenvalue weighted by molar-refractivity contribution is 0.0466. The van der Waals surface area contributed by atoms with Crippen LogP contribution >= 0.6 is 0 Å². The van der Waals surface area contributed by atoms with Gasteiger partial charge in [0, 0.05) is 6.54 Å². The maximum Gasteiger partial charge on any atom is 0.0695 e. The van der Waals surface area contributed by atoms with Crippen molar-refractivity contribution in [1.82, 2.24) is 5.32 Å². The van der Waals surface area contributed by atoms with Crippen LogP contribution < -0.4 is 5.32 Å². The first kappa shape index (κ1) is 12.0. The summed E-state index contributed by atoms with van der Waals surface area (Å²) in [5, 5.41) is 13.3. The van der Waals surface area contributed by atoms with Gasteiger partial charge in [-0.2, -0.15) is 0 Å². The van der Waals surface area contributed by atoms with E-state index in [1.54, 1.807) is 0 Å². The van der Waals surface area contributed by atoms with E-state index < -0.39 is 0 Å². The molecule has 0 saturated heterocycles. The van der Waals surface area contributed by atoms with Crippen LogP contribution in [-0.2, 0) is 0 Å². The van der Waals surface area contributed by atoms with Crippen molar-refractivity contribution in [2.75, 3.05) is 13.1 Å². The summed E-state index contributed by atoms with van der Waals surface area (Å²) in [6.45, 7) is 6.08. The van der Waals surface area contributed by atoms with Gasteiger partial charge in [-0.05, 0) is 24.8 Å². The monoisotopic (exact) mass is 199 g/mol. The topological polar surface area (TPSA) is 32.3 Å². The summed E-state index contributed by atoms with van der Waals surface area (Å²) in [5.74, 6) is 1.31. The smallest absolute Gasteiger partial charge is 0.0695 e. The van der Waals surface area contributed by atoms with Crippen LogP contribution in [0.5, 0.6) is 0 Å². The second kappa shape index (κ2) is 6.41. The molecule has 0 spiro atoms. The predicted octanol–water partition coefficient (Wildman–Crippen LogP) is 2.17. The highest BCUT2D eigenvalue weighted by atomic mass is 16.3. The number of hydrogen-bond donors (Lipinski definition) is 2. The van der Waals surface area contributed by atoms with Crippen LogP contribution in [0.2, 0.25) is 0 Å². The highest BCUT2D eigenvalue weighted by Crippen LogP contribution is 2.34. The largest absolute Gasteiger partial charge is 0.392 e. The first-order valence-electron chi connectivity index (χ1n) is 6.18. The van der Waals surface area contributed by atoms with Crippen LogP contribution in [0, 0.1) is 11.8 Å². The molecular formula is C12H25NO. The Morgan fingerprint density at radius 3 is 2.64 bits per heavy atom. The molecule has 0 aromatic heterocycles. The molecule has 0 bridgehead atoms. The third-order valence-electron chi connectivity index (χ3n) is 3.59. The third kappa shape index (κ3) is 3.25. The lowest BCUT2D eigenvalue weighted by Crippen LogP contribution is -2.37. The first-order valence-corrected chi connectivity index (χ1v) is 6.18. The zero-order valence-corrected chi connectivity index (χ0v) is 9.63. The normalized spacial score (nSPS) is 30.2. The molecule has 2 heteroatoms. The predicted molar refractivity (Wildman–Crippen MR) is 60.3 cm³/mol. The summed E-state index contributed by atoms with van der Waals surface area (Å²) in [6, 6.07) is 0. The average molecular weight is 199 g/mol. The molecule has 0 aromatic carbocycles. The fourth-order valence-electron chi connectivity index (χ4n) is 2.69. The van der Waals surface area contributed by atoms with Gasteiger partial charge in [-0.15, -0.1) is 0 Å². The van der Waals surface area contributed by atoms with E-state index in [4.69, 9.17) is 0 Å². The van der Waals surface area contributed by atoms with Gasteiger partial charge >= 0.3 is 0 Å². The molecule has 14 heavy (non-hydrogen) atoms. The van der Waals surface area contributed by atoms with E-state index in [-0.39, 0.29) is 6.10 Å². The third-order valence-corrected chi connectivity index (χ3v) is 3.59. The molecule has 3 atom stereocenters. The Hall–Kier alpha value is -0.0800. The highest BCUT2D eigenvalue weighted by molar-refractivity contribution is 4.81. The molecule has 2 nitrogen and oxygen atoms in total. The van der Waals surface area contributed by atoms with Crippen LogP contribution in [0.1, 0.15) is 46.0 Å². The van der Waals surface area contributed by atoms with E-state index in [9.17, 15) is 5.11 Å².